The van der Waals surface area contributed by atoms with Crippen molar-refractivity contribution in [2.75, 3.05) is 5.32 Å². The van der Waals surface area contributed by atoms with Gasteiger partial charge in [0.1, 0.15) is 24.7 Å². The van der Waals surface area contributed by atoms with Crippen molar-refractivity contribution in [1.29, 1.82) is 0 Å². The van der Waals surface area contributed by atoms with Crippen LogP contribution in [0.4, 0.5) is 18.9 Å². The number of aromatic nitrogens is 2. The molecule has 0 aliphatic carbocycles. The van der Waals surface area contributed by atoms with Crippen molar-refractivity contribution in [3.63, 3.8) is 0 Å². The molecule has 0 radical (unpaired) electrons. The number of benzene rings is 1. The first kappa shape index (κ1) is 18.8. The van der Waals surface area contributed by atoms with Gasteiger partial charge in [-0.2, -0.15) is 18.3 Å². The van der Waals surface area contributed by atoms with E-state index in [1.807, 2.05) is 0 Å². The minimum absolute atomic E-state index is 0.0109. The number of carbonyl (C=O) groups excluding carboxylic acids is 1. The molecule has 0 bridgehead atoms. The predicted octanol–water partition coefficient (Wildman–Crippen LogP) is 4.52. The Labute approximate surface area is 156 Å². The number of furan rings is 1. The monoisotopic (exact) mass is 399 g/mol. The summed E-state index contributed by atoms with van der Waals surface area (Å²) in [5.74, 6) is 0.314. The summed E-state index contributed by atoms with van der Waals surface area (Å²) in [5.41, 5.74) is 0.123. The normalized spacial score (nSPS) is 11.4. The van der Waals surface area contributed by atoms with Gasteiger partial charge in [-0.05, 0) is 30.3 Å². The van der Waals surface area contributed by atoms with Crippen molar-refractivity contribution in [1.82, 2.24) is 9.78 Å². The standard InChI is InChI=1S/C17H13ClF3N3O3/c18-11-2-1-3-13(6-11)26-9-14-4-5-15(27-14)16(25)23-12-7-22-24(8-12)10-17(19,20)21/h1-8H,9-10H2,(H,23,25). The fourth-order valence-electron chi connectivity index (χ4n) is 2.18. The first-order valence-corrected chi connectivity index (χ1v) is 8.04. The minimum Gasteiger partial charge on any atom is -0.486 e. The van der Waals surface area contributed by atoms with Crippen LogP contribution in [-0.2, 0) is 13.2 Å². The van der Waals surface area contributed by atoms with Crippen LogP contribution in [0.5, 0.6) is 5.75 Å². The van der Waals surface area contributed by atoms with E-state index in [4.69, 9.17) is 20.8 Å². The second kappa shape index (κ2) is 7.75. The first-order valence-electron chi connectivity index (χ1n) is 7.66. The van der Waals surface area contributed by atoms with E-state index < -0.39 is 18.6 Å². The number of ether oxygens (including phenoxy) is 1. The smallest absolute Gasteiger partial charge is 0.408 e. The Morgan fingerprint density at radius 2 is 2.11 bits per heavy atom. The molecule has 0 atom stereocenters. The zero-order chi connectivity index (χ0) is 19.4. The van der Waals surface area contributed by atoms with Gasteiger partial charge in [-0.15, -0.1) is 0 Å². The molecule has 0 spiro atoms. The zero-order valence-electron chi connectivity index (χ0n) is 13.7. The topological polar surface area (TPSA) is 69.3 Å². The third-order valence-corrected chi connectivity index (χ3v) is 3.53. The van der Waals surface area contributed by atoms with E-state index in [1.165, 1.54) is 6.07 Å². The van der Waals surface area contributed by atoms with Gasteiger partial charge in [0.25, 0.3) is 5.91 Å². The number of halogens is 4. The van der Waals surface area contributed by atoms with E-state index in [9.17, 15) is 18.0 Å². The van der Waals surface area contributed by atoms with Gasteiger partial charge >= 0.3 is 6.18 Å². The third kappa shape index (κ3) is 5.52. The van der Waals surface area contributed by atoms with Crippen LogP contribution < -0.4 is 10.1 Å². The van der Waals surface area contributed by atoms with Crippen LogP contribution >= 0.6 is 11.6 Å². The number of nitrogens with zero attached hydrogens (tertiary/aromatic N) is 2. The van der Waals surface area contributed by atoms with E-state index >= 15 is 0 Å². The molecular formula is C17H13ClF3N3O3. The van der Waals surface area contributed by atoms with E-state index in [-0.39, 0.29) is 18.1 Å². The number of alkyl halides is 3. The number of amides is 1. The van der Waals surface area contributed by atoms with E-state index in [0.717, 1.165) is 12.4 Å². The number of carbonyl (C=O) groups is 1. The number of hydrogen-bond donors (Lipinski definition) is 1. The van der Waals surface area contributed by atoms with Gasteiger partial charge in [0, 0.05) is 11.2 Å². The SMILES string of the molecule is O=C(Nc1cnn(CC(F)(F)F)c1)c1ccc(COc2cccc(Cl)c2)o1. The molecule has 0 saturated heterocycles. The predicted molar refractivity (Wildman–Crippen MR) is 90.7 cm³/mol. The summed E-state index contributed by atoms with van der Waals surface area (Å²) in [7, 11) is 0. The van der Waals surface area contributed by atoms with Crippen molar-refractivity contribution < 1.29 is 27.1 Å². The Balaban J connectivity index is 1.57. The molecule has 3 rings (SSSR count). The molecule has 1 aromatic carbocycles. The second-order valence-corrected chi connectivity index (χ2v) is 5.94. The summed E-state index contributed by atoms with van der Waals surface area (Å²) in [6.07, 6.45) is -2.20. The summed E-state index contributed by atoms with van der Waals surface area (Å²) in [4.78, 5) is 12.1. The van der Waals surface area contributed by atoms with Crippen LogP contribution in [0.1, 0.15) is 16.3 Å². The van der Waals surface area contributed by atoms with Gasteiger partial charge in [-0.25, -0.2) is 0 Å². The Kier molecular flexibility index (Phi) is 5.41. The summed E-state index contributed by atoms with van der Waals surface area (Å²) in [6, 6.07) is 9.80. The lowest BCUT2D eigenvalue weighted by atomic mass is 10.3. The largest absolute Gasteiger partial charge is 0.486 e. The maximum Gasteiger partial charge on any atom is 0.408 e. The fraction of sp³-hybridized carbons (Fsp3) is 0.176. The van der Waals surface area contributed by atoms with Crippen LogP contribution in [0.25, 0.3) is 0 Å². The Hall–Kier alpha value is -2.94. The highest BCUT2D eigenvalue weighted by atomic mass is 35.5. The van der Waals surface area contributed by atoms with E-state index in [2.05, 4.69) is 10.4 Å². The molecular weight excluding hydrogens is 387 g/mol. The molecule has 0 aliphatic rings. The molecule has 6 nitrogen and oxygen atoms in total. The fourth-order valence-corrected chi connectivity index (χ4v) is 2.36. The summed E-state index contributed by atoms with van der Waals surface area (Å²) in [6.45, 7) is -1.16. The minimum atomic E-state index is -4.40. The van der Waals surface area contributed by atoms with E-state index in [1.54, 1.807) is 30.3 Å². The molecule has 1 amide bonds. The molecule has 2 heterocycles. The van der Waals surface area contributed by atoms with Crippen LogP contribution in [-0.4, -0.2) is 21.9 Å². The van der Waals surface area contributed by atoms with Crippen molar-refractivity contribution in [3.05, 3.63) is 65.3 Å². The maximum atomic E-state index is 12.3. The van der Waals surface area contributed by atoms with Gasteiger partial charge in [-0.3, -0.25) is 9.48 Å². The number of nitrogens with one attached hydrogen (secondary N) is 1. The molecule has 1 N–H and O–H groups in total. The Morgan fingerprint density at radius 3 is 2.85 bits per heavy atom. The van der Waals surface area contributed by atoms with Crippen LogP contribution in [0, 0.1) is 0 Å². The van der Waals surface area contributed by atoms with Gasteiger partial charge in [0.15, 0.2) is 5.76 Å². The third-order valence-electron chi connectivity index (χ3n) is 3.30. The van der Waals surface area contributed by atoms with Gasteiger partial charge in [0.05, 0.1) is 11.9 Å². The van der Waals surface area contributed by atoms with Gasteiger partial charge in [-0.1, -0.05) is 17.7 Å². The number of rotatable bonds is 6. The first-order chi connectivity index (χ1) is 12.8. The highest BCUT2D eigenvalue weighted by Crippen LogP contribution is 2.20. The van der Waals surface area contributed by atoms with Gasteiger partial charge < -0.3 is 14.5 Å². The molecule has 142 valence electrons. The highest BCUT2D eigenvalue weighted by Gasteiger charge is 2.28. The summed E-state index contributed by atoms with van der Waals surface area (Å²) in [5, 5.41) is 6.49. The lowest BCUT2D eigenvalue weighted by molar-refractivity contribution is -0.142. The van der Waals surface area contributed by atoms with Crippen LogP contribution in [0.2, 0.25) is 5.02 Å². The van der Waals surface area contributed by atoms with E-state index in [0.29, 0.717) is 21.2 Å². The Morgan fingerprint density at radius 1 is 1.30 bits per heavy atom. The Bertz CT molecular complexity index is 937. The second-order valence-electron chi connectivity index (χ2n) is 5.51. The van der Waals surface area contributed by atoms with Crippen molar-refractivity contribution in [2.45, 2.75) is 19.3 Å². The van der Waals surface area contributed by atoms with Crippen LogP contribution in [0.3, 0.4) is 0 Å². The lowest BCUT2D eigenvalue weighted by Crippen LogP contribution is -2.17. The molecule has 0 aliphatic heterocycles. The van der Waals surface area contributed by atoms with Gasteiger partial charge in [0.2, 0.25) is 0 Å². The van der Waals surface area contributed by atoms with Crippen molar-refractivity contribution in [2.24, 2.45) is 0 Å². The lowest BCUT2D eigenvalue weighted by Gasteiger charge is -2.05. The molecule has 3 aromatic rings. The average Bonchev–Trinajstić information content (AvgIpc) is 3.21. The molecule has 0 saturated carbocycles. The van der Waals surface area contributed by atoms with Crippen molar-refractivity contribution >= 4 is 23.2 Å². The molecule has 0 fully saturated rings. The summed E-state index contributed by atoms with van der Waals surface area (Å²) < 4.78 is 48.5. The van der Waals surface area contributed by atoms with Crippen LogP contribution in [0.15, 0.2) is 53.2 Å². The molecule has 10 heteroatoms. The quantitative estimate of drug-likeness (QED) is 0.661. The molecule has 2 aromatic heterocycles. The maximum absolute atomic E-state index is 12.3. The molecule has 0 unspecified atom stereocenters. The highest BCUT2D eigenvalue weighted by molar-refractivity contribution is 6.30. The zero-order valence-corrected chi connectivity index (χ0v) is 14.4. The van der Waals surface area contributed by atoms with Crippen molar-refractivity contribution in [3.8, 4) is 5.75 Å². The number of hydrogen-bond acceptors (Lipinski definition) is 4. The average molecular weight is 400 g/mol. The number of anilines is 1. The molecule has 27 heavy (non-hydrogen) atoms. The summed E-state index contributed by atoms with van der Waals surface area (Å²) >= 11 is 5.86.